The number of carbonyl (C=O) groups excluding carboxylic acids is 1. The van der Waals surface area contributed by atoms with E-state index in [-0.39, 0.29) is 18.7 Å². The number of aromatic nitrogens is 5. The first-order chi connectivity index (χ1) is 13.7. The molecule has 1 amide bonds. The average Bonchev–Trinajstić information content (AvgIpc) is 3.51. The molecule has 0 saturated carbocycles. The molecule has 2 aromatic heterocycles. The number of benzene rings is 1. The number of nitrogens with zero attached hydrogens (tertiary/aromatic N) is 6. The number of hydrogen-bond donors (Lipinski definition) is 0. The summed E-state index contributed by atoms with van der Waals surface area (Å²) >= 11 is 0. The van der Waals surface area contributed by atoms with Crippen LogP contribution in [-0.4, -0.2) is 55.8 Å². The van der Waals surface area contributed by atoms with Crippen LogP contribution < -0.4 is 9.47 Å². The first-order valence-corrected chi connectivity index (χ1v) is 9.15. The molecule has 3 aromatic rings. The maximum Gasteiger partial charge on any atom is 0.280 e. The van der Waals surface area contributed by atoms with E-state index in [0.717, 1.165) is 6.42 Å². The Morgan fingerprint density at radius 2 is 2.18 bits per heavy atom. The Labute approximate surface area is 160 Å². The van der Waals surface area contributed by atoms with Gasteiger partial charge in [-0.05, 0) is 24.6 Å². The predicted octanol–water partition coefficient (Wildman–Crippen LogP) is 1.71. The third kappa shape index (κ3) is 2.86. The Morgan fingerprint density at radius 1 is 1.29 bits per heavy atom. The molecule has 5 rings (SSSR count). The van der Waals surface area contributed by atoms with E-state index in [1.165, 1.54) is 0 Å². The number of fused-ring (bicyclic) bond motifs is 1. The van der Waals surface area contributed by atoms with Crippen LogP contribution in [0.25, 0.3) is 11.6 Å². The Morgan fingerprint density at radius 3 is 3.04 bits per heavy atom. The highest BCUT2D eigenvalue weighted by Crippen LogP contribution is 2.33. The van der Waals surface area contributed by atoms with Gasteiger partial charge in [-0.15, -0.1) is 5.10 Å². The van der Waals surface area contributed by atoms with Gasteiger partial charge in [-0.1, -0.05) is 17.3 Å². The second-order valence-electron chi connectivity index (χ2n) is 6.71. The van der Waals surface area contributed by atoms with Crippen LogP contribution >= 0.6 is 0 Å². The summed E-state index contributed by atoms with van der Waals surface area (Å²) in [6.07, 6.45) is 3.27. The fourth-order valence-corrected chi connectivity index (χ4v) is 3.41. The van der Waals surface area contributed by atoms with E-state index in [2.05, 4.69) is 20.5 Å². The first kappa shape index (κ1) is 16.7. The van der Waals surface area contributed by atoms with Gasteiger partial charge in [-0.3, -0.25) is 4.79 Å². The van der Waals surface area contributed by atoms with Crippen molar-refractivity contribution < 1.29 is 18.8 Å². The summed E-state index contributed by atoms with van der Waals surface area (Å²) in [7, 11) is 0. The van der Waals surface area contributed by atoms with Gasteiger partial charge in [0.25, 0.3) is 11.8 Å². The monoisotopic (exact) mass is 382 g/mol. The quantitative estimate of drug-likeness (QED) is 0.671. The Balaban J connectivity index is 1.29. The fourth-order valence-electron chi connectivity index (χ4n) is 3.41. The Bertz CT molecular complexity index is 1030. The van der Waals surface area contributed by atoms with Gasteiger partial charge in [0.2, 0.25) is 6.79 Å². The molecule has 28 heavy (non-hydrogen) atoms. The molecule has 1 unspecified atom stereocenters. The van der Waals surface area contributed by atoms with E-state index in [0.29, 0.717) is 54.0 Å². The van der Waals surface area contributed by atoms with Crippen molar-refractivity contribution in [1.82, 2.24) is 30.0 Å². The molecule has 1 aromatic carbocycles. The van der Waals surface area contributed by atoms with Crippen molar-refractivity contribution >= 4 is 5.91 Å². The molecule has 0 bridgehead atoms. The van der Waals surface area contributed by atoms with Gasteiger partial charge in [0.05, 0.1) is 12.2 Å². The molecule has 10 heteroatoms. The number of likely N-dealkylation sites (tertiary alicyclic amines) is 1. The summed E-state index contributed by atoms with van der Waals surface area (Å²) in [5, 5.41) is 12.2. The Hall–Kier alpha value is -3.43. The predicted molar refractivity (Wildman–Crippen MR) is 94.8 cm³/mol. The van der Waals surface area contributed by atoms with Crippen LogP contribution in [0.1, 0.15) is 35.6 Å². The van der Waals surface area contributed by atoms with Crippen molar-refractivity contribution in [2.75, 3.05) is 19.9 Å². The van der Waals surface area contributed by atoms with Gasteiger partial charge < -0.3 is 18.9 Å². The molecule has 0 radical (unpaired) electrons. The van der Waals surface area contributed by atoms with Crippen LogP contribution in [0.3, 0.4) is 0 Å². The third-order valence-corrected chi connectivity index (χ3v) is 4.96. The minimum atomic E-state index is -0.0365. The normalized spacial score (nSPS) is 18.0. The van der Waals surface area contributed by atoms with E-state index < -0.39 is 0 Å². The lowest BCUT2D eigenvalue weighted by molar-refractivity contribution is 0.0786. The van der Waals surface area contributed by atoms with Crippen LogP contribution in [0.4, 0.5) is 0 Å². The SMILES string of the molecule is CCc1noc(-c2cn(C3CCN(C(=O)c4ccc5c(c4)OCO5)C3)nn2)n1. The van der Waals surface area contributed by atoms with Crippen LogP contribution in [0.5, 0.6) is 11.5 Å². The number of rotatable bonds is 4. The van der Waals surface area contributed by atoms with E-state index in [1.54, 1.807) is 29.1 Å². The van der Waals surface area contributed by atoms with Crippen molar-refractivity contribution in [3.8, 4) is 23.1 Å². The van der Waals surface area contributed by atoms with Gasteiger partial charge in [0, 0.05) is 25.1 Å². The van der Waals surface area contributed by atoms with Crippen LogP contribution in [-0.2, 0) is 6.42 Å². The fraction of sp³-hybridized carbons (Fsp3) is 0.389. The highest BCUT2D eigenvalue weighted by molar-refractivity contribution is 5.95. The highest BCUT2D eigenvalue weighted by atomic mass is 16.7. The molecule has 1 fully saturated rings. The van der Waals surface area contributed by atoms with E-state index in [9.17, 15) is 4.79 Å². The molecule has 2 aliphatic rings. The summed E-state index contributed by atoms with van der Waals surface area (Å²) in [6, 6.07) is 5.30. The topological polar surface area (TPSA) is 108 Å². The maximum atomic E-state index is 12.8. The summed E-state index contributed by atoms with van der Waals surface area (Å²) < 4.78 is 17.6. The van der Waals surface area contributed by atoms with Crippen molar-refractivity contribution in [3.05, 3.63) is 35.8 Å². The number of carbonyl (C=O) groups is 1. The zero-order valence-corrected chi connectivity index (χ0v) is 15.2. The molecular formula is C18H18N6O4. The molecule has 1 atom stereocenters. The highest BCUT2D eigenvalue weighted by Gasteiger charge is 2.30. The van der Waals surface area contributed by atoms with E-state index >= 15 is 0 Å². The number of amides is 1. The van der Waals surface area contributed by atoms with Gasteiger partial charge >= 0.3 is 0 Å². The lowest BCUT2D eigenvalue weighted by Crippen LogP contribution is -2.29. The Kier molecular flexibility index (Phi) is 3.96. The molecule has 2 aliphatic heterocycles. The standard InChI is InChI=1S/C18H18N6O4/c1-2-16-19-17(28-21-16)13-9-24(22-20-13)12-5-6-23(8-12)18(25)11-3-4-14-15(7-11)27-10-26-14/h3-4,7,9,12H,2,5-6,8,10H2,1H3. The second-order valence-corrected chi connectivity index (χ2v) is 6.71. The lowest BCUT2D eigenvalue weighted by atomic mass is 10.2. The number of ether oxygens (including phenoxy) is 2. The van der Waals surface area contributed by atoms with Gasteiger partial charge in [0.15, 0.2) is 23.0 Å². The second kappa shape index (κ2) is 6.63. The molecule has 0 aliphatic carbocycles. The molecule has 4 heterocycles. The third-order valence-electron chi connectivity index (χ3n) is 4.96. The number of aryl methyl sites for hydroxylation is 1. The minimum absolute atomic E-state index is 0.0365. The maximum absolute atomic E-state index is 12.8. The minimum Gasteiger partial charge on any atom is -0.454 e. The van der Waals surface area contributed by atoms with Gasteiger partial charge in [-0.2, -0.15) is 4.98 Å². The van der Waals surface area contributed by atoms with E-state index in [4.69, 9.17) is 14.0 Å². The van der Waals surface area contributed by atoms with E-state index in [1.807, 2.05) is 11.8 Å². The summed E-state index contributed by atoms with van der Waals surface area (Å²) in [5.41, 5.74) is 1.12. The van der Waals surface area contributed by atoms with Gasteiger partial charge in [0.1, 0.15) is 0 Å². The summed E-state index contributed by atoms with van der Waals surface area (Å²) in [6.45, 7) is 3.34. The smallest absolute Gasteiger partial charge is 0.280 e. The molecule has 0 spiro atoms. The van der Waals surface area contributed by atoms with Gasteiger partial charge in [-0.25, -0.2) is 4.68 Å². The molecule has 10 nitrogen and oxygen atoms in total. The lowest BCUT2D eigenvalue weighted by Gasteiger charge is -2.16. The largest absolute Gasteiger partial charge is 0.454 e. The molecule has 144 valence electrons. The summed E-state index contributed by atoms with van der Waals surface area (Å²) in [4.78, 5) is 18.9. The zero-order valence-electron chi connectivity index (χ0n) is 15.2. The first-order valence-electron chi connectivity index (χ1n) is 9.15. The molecule has 0 N–H and O–H groups in total. The van der Waals surface area contributed by atoms with Crippen LogP contribution in [0.2, 0.25) is 0 Å². The van der Waals surface area contributed by atoms with Crippen molar-refractivity contribution in [1.29, 1.82) is 0 Å². The zero-order chi connectivity index (χ0) is 19.1. The van der Waals surface area contributed by atoms with Crippen LogP contribution in [0.15, 0.2) is 28.9 Å². The average molecular weight is 382 g/mol. The summed E-state index contributed by atoms with van der Waals surface area (Å²) in [5.74, 6) is 2.22. The van der Waals surface area contributed by atoms with Crippen molar-refractivity contribution in [2.24, 2.45) is 0 Å². The molecular weight excluding hydrogens is 364 g/mol. The van der Waals surface area contributed by atoms with Crippen LogP contribution in [0, 0.1) is 0 Å². The number of hydrogen-bond acceptors (Lipinski definition) is 8. The molecule has 1 saturated heterocycles. The van der Waals surface area contributed by atoms with Crippen molar-refractivity contribution in [2.45, 2.75) is 25.8 Å². The van der Waals surface area contributed by atoms with Crippen molar-refractivity contribution in [3.63, 3.8) is 0 Å².